The van der Waals surface area contributed by atoms with Crippen LogP contribution >= 0.6 is 0 Å². The fraction of sp³-hybridized carbons (Fsp3) is 1.00. The number of ether oxygens (including phenoxy) is 2. The molecule has 2 atom stereocenters. The summed E-state index contributed by atoms with van der Waals surface area (Å²) in [5, 5.41) is 0. The predicted octanol–water partition coefficient (Wildman–Crippen LogP) is 0.319. The lowest BCUT2D eigenvalue weighted by molar-refractivity contribution is 0.0661. The topological polar surface area (TPSA) is 47.7 Å². The molecule has 0 radical (unpaired) electrons. The molecule has 0 aromatic carbocycles. The molecule has 1 heterocycles. The molecule has 1 fully saturated rings. The maximum Gasteiger partial charge on any atom is 0.0700 e. The Hall–Kier alpha value is -0.160. The Morgan fingerprint density at radius 2 is 2.07 bits per heavy atom. The van der Waals surface area contributed by atoms with Crippen molar-refractivity contribution in [1.82, 2.24) is 4.90 Å². The van der Waals surface area contributed by atoms with Crippen LogP contribution in [0.4, 0.5) is 0 Å². The van der Waals surface area contributed by atoms with Gasteiger partial charge in [-0.25, -0.2) is 0 Å². The summed E-state index contributed by atoms with van der Waals surface area (Å²) in [4.78, 5) is 2.43. The molecular formula is C11H24N2O2. The molecule has 1 saturated heterocycles. The average Bonchev–Trinajstić information content (AvgIpc) is 2.52. The molecule has 1 rings (SSSR count). The number of rotatable bonds is 7. The van der Waals surface area contributed by atoms with Gasteiger partial charge in [-0.05, 0) is 12.3 Å². The predicted molar refractivity (Wildman–Crippen MR) is 60.9 cm³/mol. The van der Waals surface area contributed by atoms with Crippen LogP contribution in [0.2, 0.25) is 0 Å². The molecule has 0 aromatic rings. The Balaban J connectivity index is 1.92. The Kier molecular flexibility index (Phi) is 6.17. The largest absolute Gasteiger partial charge is 0.382 e. The van der Waals surface area contributed by atoms with Gasteiger partial charge in [0.1, 0.15) is 0 Å². The van der Waals surface area contributed by atoms with Crippen molar-refractivity contribution >= 4 is 0 Å². The van der Waals surface area contributed by atoms with E-state index in [1.54, 1.807) is 7.11 Å². The number of hydrogen-bond donors (Lipinski definition) is 1. The minimum absolute atomic E-state index is 0.361. The SMILES string of the molecule is COCCOCCCN1CC(C)C(N)C1. The second kappa shape index (κ2) is 7.17. The van der Waals surface area contributed by atoms with E-state index in [-0.39, 0.29) is 0 Å². The zero-order valence-corrected chi connectivity index (χ0v) is 9.95. The number of methoxy groups -OCH3 is 1. The number of likely N-dealkylation sites (tertiary alicyclic amines) is 1. The van der Waals surface area contributed by atoms with Crippen molar-refractivity contribution in [3.05, 3.63) is 0 Å². The zero-order valence-electron chi connectivity index (χ0n) is 9.95. The first kappa shape index (κ1) is 12.9. The van der Waals surface area contributed by atoms with Gasteiger partial charge in [0.15, 0.2) is 0 Å². The summed E-state index contributed by atoms with van der Waals surface area (Å²) in [5.41, 5.74) is 5.95. The van der Waals surface area contributed by atoms with E-state index in [1.807, 2.05) is 0 Å². The van der Waals surface area contributed by atoms with Crippen LogP contribution in [0.25, 0.3) is 0 Å². The summed E-state index contributed by atoms with van der Waals surface area (Å²) in [5.74, 6) is 0.638. The Bertz CT molecular complexity index is 157. The Labute approximate surface area is 92.7 Å². The Morgan fingerprint density at radius 3 is 2.67 bits per heavy atom. The summed E-state index contributed by atoms with van der Waals surface area (Å²) in [6, 6.07) is 0.361. The van der Waals surface area contributed by atoms with Gasteiger partial charge in [0.25, 0.3) is 0 Å². The highest BCUT2D eigenvalue weighted by molar-refractivity contribution is 4.83. The van der Waals surface area contributed by atoms with E-state index in [0.29, 0.717) is 25.2 Å². The first-order valence-electron chi connectivity index (χ1n) is 5.78. The van der Waals surface area contributed by atoms with Crippen LogP contribution in [0.3, 0.4) is 0 Å². The maximum atomic E-state index is 5.95. The molecule has 4 nitrogen and oxygen atoms in total. The third-order valence-electron chi connectivity index (χ3n) is 2.94. The van der Waals surface area contributed by atoms with E-state index >= 15 is 0 Å². The monoisotopic (exact) mass is 216 g/mol. The lowest BCUT2D eigenvalue weighted by Gasteiger charge is -2.14. The van der Waals surface area contributed by atoms with Gasteiger partial charge in [-0.2, -0.15) is 0 Å². The van der Waals surface area contributed by atoms with Gasteiger partial charge < -0.3 is 20.1 Å². The summed E-state index contributed by atoms with van der Waals surface area (Å²) < 4.78 is 10.3. The minimum Gasteiger partial charge on any atom is -0.382 e. The molecule has 0 aliphatic carbocycles. The molecule has 4 heteroatoms. The van der Waals surface area contributed by atoms with E-state index in [2.05, 4.69) is 11.8 Å². The molecular weight excluding hydrogens is 192 g/mol. The molecule has 0 aromatic heterocycles. The lowest BCUT2D eigenvalue weighted by atomic mass is 10.1. The maximum absolute atomic E-state index is 5.95. The normalized spacial score (nSPS) is 27.4. The quantitative estimate of drug-likeness (QED) is 0.623. The molecule has 15 heavy (non-hydrogen) atoms. The summed E-state index contributed by atoms with van der Waals surface area (Å²) in [6.07, 6.45) is 1.09. The van der Waals surface area contributed by atoms with Gasteiger partial charge in [0.05, 0.1) is 13.2 Å². The van der Waals surface area contributed by atoms with Crippen molar-refractivity contribution in [2.45, 2.75) is 19.4 Å². The van der Waals surface area contributed by atoms with Crippen molar-refractivity contribution in [3.8, 4) is 0 Å². The molecule has 2 unspecified atom stereocenters. The summed E-state index contributed by atoms with van der Waals surface area (Å²) in [6.45, 7) is 7.71. The molecule has 0 bridgehead atoms. The van der Waals surface area contributed by atoms with E-state index in [0.717, 1.165) is 32.7 Å². The molecule has 90 valence electrons. The van der Waals surface area contributed by atoms with E-state index < -0.39 is 0 Å². The average molecular weight is 216 g/mol. The zero-order chi connectivity index (χ0) is 11.1. The van der Waals surface area contributed by atoms with Crippen LogP contribution in [-0.4, -0.2) is 57.5 Å². The van der Waals surface area contributed by atoms with Gasteiger partial charge >= 0.3 is 0 Å². The van der Waals surface area contributed by atoms with E-state index in [9.17, 15) is 0 Å². The highest BCUT2D eigenvalue weighted by Gasteiger charge is 2.25. The van der Waals surface area contributed by atoms with Gasteiger partial charge in [-0.1, -0.05) is 6.92 Å². The summed E-state index contributed by atoms with van der Waals surface area (Å²) >= 11 is 0. The van der Waals surface area contributed by atoms with Crippen LogP contribution in [-0.2, 0) is 9.47 Å². The van der Waals surface area contributed by atoms with Crippen molar-refractivity contribution in [1.29, 1.82) is 0 Å². The molecule has 2 N–H and O–H groups in total. The second-order valence-corrected chi connectivity index (χ2v) is 4.36. The molecule has 1 aliphatic rings. The minimum atomic E-state index is 0.361. The van der Waals surface area contributed by atoms with Crippen molar-refractivity contribution in [2.75, 3.05) is 46.6 Å². The molecule has 0 spiro atoms. The van der Waals surface area contributed by atoms with Crippen LogP contribution in [0.1, 0.15) is 13.3 Å². The number of hydrogen-bond acceptors (Lipinski definition) is 4. The highest BCUT2D eigenvalue weighted by Crippen LogP contribution is 2.14. The first-order valence-corrected chi connectivity index (χ1v) is 5.78. The third-order valence-corrected chi connectivity index (χ3v) is 2.94. The van der Waals surface area contributed by atoms with Crippen LogP contribution in [0.5, 0.6) is 0 Å². The second-order valence-electron chi connectivity index (χ2n) is 4.36. The van der Waals surface area contributed by atoms with Gasteiger partial charge in [0, 0.05) is 39.4 Å². The van der Waals surface area contributed by atoms with E-state index in [1.165, 1.54) is 0 Å². The van der Waals surface area contributed by atoms with E-state index in [4.69, 9.17) is 15.2 Å². The molecule has 0 saturated carbocycles. The first-order chi connectivity index (χ1) is 7.24. The fourth-order valence-electron chi connectivity index (χ4n) is 1.91. The number of nitrogens with two attached hydrogens (primary N) is 1. The van der Waals surface area contributed by atoms with Crippen molar-refractivity contribution < 1.29 is 9.47 Å². The van der Waals surface area contributed by atoms with Gasteiger partial charge in [-0.15, -0.1) is 0 Å². The van der Waals surface area contributed by atoms with Crippen LogP contribution in [0.15, 0.2) is 0 Å². The molecule has 1 aliphatic heterocycles. The standard InChI is InChI=1S/C11H24N2O2/c1-10-8-13(9-11(10)12)4-3-5-15-7-6-14-2/h10-11H,3-9,12H2,1-2H3. The third kappa shape index (κ3) is 4.93. The molecule has 0 amide bonds. The highest BCUT2D eigenvalue weighted by atomic mass is 16.5. The summed E-state index contributed by atoms with van der Waals surface area (Å²) in [7, 11) is 1.69. The Morgan fingerprint density at radius 1 is 1.27 bits per heavy atom. The number of nitrogens with zero attached hydrogens (tertiary/aromatic N) is 1. The van der Waals surface area contributed by atoms with Gasteiger partial charge in [-0.3, -0.25) is 0 Å². The van der Waals surface area contributed by atoms with Crippen LogP contribution in [0, 0.1) is 5.92 Å². The van der Waals surface area contributed by atoms with Gasteiger partial charge in [0.2, 0.25) is 0 Å². The smallest absolute Gasteiger partial charge is 0.0700 e. The van der Waals surface area contributed by atoms with Crippen LogP contribution < -0.4 is 5.73 Å². The van der Waals surface area contributed by atoms with Crippen molar-refractivity contribution in [2.24, 2.45) is 11.7 Å². The lowest BCUT2D eigenvalue weighted by Crippen LogP contribution is -2.29. The van der Waals surface area contributed by atoms with Crippen molar-refractivity contribution in [3.63, 3.8) is 0 Å². The fourth-order valence-corrected chi connectivity index (χ4v) is 1.91.